The van der Waals surface area contributed by atoms with Crippen molar-refractivity contribution in [1.29, 1.82) is 0 Å². The van der Waals surface area contributed by atoms with Crippen LogP contribution in [0.2, 0.25) is 0 Å². The zero-order valence-corrected chi connectivity index (χ0v) is 10.6. The Morgan fingerprint density at radius 2 is 2.12 bits per heavy atom. The summed E-state index contributed by atoms with van der Waals surface area (Å²) < 4.78 is 1.81. The van der Waals surface area contributed by atoms with Gasteiger partial charge in [0, 0.05) is 13.0 Å². The Hall–Kier alpha value is -1.32. The lowest BCUT2D eigenvalue weighted by Crippen LogP contribution is -2.30. The second kappa shape index (κ2) is 5.68. The molecule has 0 radical (unpaired) electrons. The molecule has 0 aromatic carbocycles. The van der Waals surface area contributed by atoms with Gasteiger partial charge in [-0.2, -0.15) is 5.10 Å². The van der Waals surface area contributed by atoms with E-state index in [2.05, 4.69) is 10.4 Å². The standard InChI is InChI=1S/C12H21N3O/c1-5-10(6-2)12(16)13-8-11-7-9(3)14-15(11)4/h7,10H,5-6,8H2,1-4H3,(H,13,16). The molecule has 16 heavy (non-hydrogen) atoms. The Labute approximate surface area is 97.0 Å². The molecule has 90 valence electrons. The minimum absolute atomic E-state index is 0.134. The summed E-state index contributed by atoms with van der Waals surface area (Å²) in [5.74, 6) is 0.276. The molecule has 0 bridgehead atoms. The summed E-state index contributed by atoms with van der Waals surface area (Å²) in [6.07, 6.45) is 1.79. The molecule has 1 N–H and O–H groups in total. The number of nitrogens with one attached hydrogen (secondary N) is 1. The minimum atomic E-state index is 0.134. The Kier molecular flexibility index (Phi) is 4.52. The van der Waals surface area contributed by atoms with Crippen molar-refractivity contribution in [2.75, 3.05) is 0 Å². The molecule has 4 nitrogen and oxygen atoms in total. The predicted octanol–water partition coefficient (Wildman–Crippen LogP) is 1.78. The molecule has 1 aromatic rings. The minimum Gasteiger partial charge on any atom is -0.350 e. The van der Waals surface area contributed by atoms with Crippen molar-refractivity contribution in [1.82, 2.24) is 15.1 Å². The number of carbonyl (C=O) groups is 1. The van der Waals surface area contributed by atoms with Gasteiger partial charge < -0.3 is 5.32 Å². The predicted molar refractivity (Wildman–Crippen MR) is 63.9 cm³/mol. The lowest BCUT2D eigenvalue weighted by atomic mass is 10.0. The van der Waals surface area contributed by atoms with Gasteiger partial charge in [0.25, 0.3) is 0 Å². The van der Waals surface area contributed by atoms with Gasteiger partial charge in [0.05, 0.1) is 17.9 Å². The molecule has 0 spiro atoms. The van der Waals surface area contributed by atoms with Gasteiger partial charge in [-0.25, -0.2) is 0 Å². The van der Waals surface area contributed by atoms with Gasteiger partial charge >= 0.3 is 0 Å². The van der Waals surface area contributed by atoms with Crippen LogP contribution < -0.4 is 5.32 Å². The van der Waals surface area contributed by atoms with Crippen molar-refractivity contribution >= 4 is 5.91 Å². The molecular weight excluding hydrogens is 202 g/mol. The van der Waals surface area contributed by atoms with Crippen molar-refractivity contribution in [2.24, 2.45) is 13.0 Å². The number of hydrogen-bond acceptors (Lipinski definition) is 2. The zero-order chi connectivity index (χ0) is 12.1. The summed E-state index contributed by atoms with van der Waals surface area (Å²) in [5.41, 5.74) is 2.02. The van der Waals surface area contributed by atoms with Crippen LogP contribution in [0.15, 0.2) is 6.07 Å². The SMILES string of the molecule is CCC(CC)C(=O)NCc1cc(C)nn1C. The lowest BCUT2D eigenvalue weighted by molar-refractivity contribution is -0.125. The van der Waals surface area contributed by atoms with E-state index in [0.717, 1.165) is 24.2 Å². The van der Waals surface area contributed by atoms with Gasteiger partial charge in [-0.05, 0) is 25.8 Å². The van der Waals surface area contributed by atoms with E-state index in [0.29, 0.717) is 6.54 Å². The molecule has 1 aromatic heterocycles. The van der Waals surface area contributed by atoms with Crippen molar-refractivity contribution in [3.8, 4) is 0 Å². The van der Waals surface area contributed by atoms with Crippen LogP contribution in [0.25, 0.3) is 0 Å². The smallest absolute Gasteiger partial charge is 0.223 e. The zero-order valence-electron chi connectivity index (χ0n) is 10.6. The fourth-order valence-corrected chi connectivity index (χ4v) is 1.81. The summed E-state index contributed by atoms with van der Waals surface area (Å²) in [5, 5.41) is 7.19. The van der Waals surface area contributed by atoms with E-state index < -0.39 is 0 Å². The average Bonchev–Trinajstić information content (AvgIpc) is 2.56. The summed E-state index contributed by atoms with van der Waals surface area (Å²) >= 11 is 0. The molecule has 0 aliphatic heterocycles. The first-order valence-electron chi connectivity index (χ1n) is 5.85. The fourth-order valence-electron chi connectivity index (χ4n) is 1.81. The Balaban J connectivity index is 2.51. The van der Waals surface area contributed by atoms with Crippen molar-refractivity contribution in [2.45, 2.75) is 40.2 Å². The first-order chi connectivity index (χ1) is 7.58. The summed E-state index contributed by atoms with van der Waals surface area (Å²) in [6, 6.07) is 1.99. The first-order valence-corrected chi connectivity index (χ1v) is 5.85. The highest BCUT2D eigenvalue weighted by Crippen LogP contribution is 2.08. The van der Waals surface area contributed by atoms with Crippen LogP contribution in [0.5, 0.6) is 0 Å². The van der Waals surface area contributed by atoms with Gasteiger partial charge in [0.1, 0.15) is 0 Å². The second-order valence-corrected chi connectivity index (χ2v) is 4.13. The Morgan fingerprint density at radius 3 is 2.56 bits per heavy atom. The van der Waals surface area contributed by atoms with Gasteiger partial charge in [-0.1, -0.05) is 13.8 Å². The number of carbonyl (C=O) groups excluding carboxylic acids is 1. The fraction of sp³-hybridized carbons (Fsp3) is 0.667. The third-order valence-electron chi connectivity index (χ3n) is 2.90. The maximum atomic E-state index is 11.8. The van der Waals surface area contributed by atoms with E-state index in [-0.39, 0.29) is 11.8 Å². The number of nitrogens with zero attached hydrogens (tertiary/aromatic N) is 2. The molecular formula is C12H21N3O. The highest BCUT2D eigenvalue weighted by Gasteiger charge is 2.14. The van der Waals surface area contributed by atoms with Gasteiger partial charge in [0.2, 0.25) is 5.91 Å². The maximum Gasteiger partial charge on any atom is 0.223 e. The number of aryl methyl sites for hydroxylation is 2. The molecule has 1 amide bonds. The molecule has 0 aliphatic carbocycles. The second-order valence-electron chi connectivity index (χ2n) is 4.13. The Bertz CT molecular complexity index is 353. The molecule has 1 rings (SSSR count). The number of hydrogen-bond donors (Lipinski definition) is 1. The number of aromatic nitrogens is 2. The van der Waals surface area contributed by atoms with Crippen LogP contribution in [-0.4, -0.2) is 15.7 Å². The van der Waals surface area contributed by atoms with E-state index in [1.165, 1.54) is 0 Å². The average molecular weight is 223 g/mol. The van der Waals surface area contributed by atoms with Crippen molar-refractivity contribution in [3.05, 3.63) is 17.5 Å². The third-order valence-corrected chi connectivity index (χ3v) is 2.90. The van der Waals surface area contributed by atoms with Crippen LogP contribution in [0.4, 0.5) is 0 Å². The van der Waals surface area contributed by atoms with Gasteiger partial charge in [-0.15, -0.1) is 0 Å². The lowest BCUT2D eigenvalue weighted by Gasteiger charge is -2.12. The monoisotopic (exact) mass is 223 g/mol. The van der Waals surface area contributed by atoms with Crippen LogP contribution >= 0.6 is 0 Å². The van der Waals surface area contributed by atoms with Crippen molar-refractivity contribution < 1.29 is 4.79 Å². The number of amides is 1. The molecule has 0 aliphatic rings. The van der Waals surface area contributed by atoms with Crippen LogP contribution in [0.1, 0.15) is 38.1 Å². The molecule has 0 saturated heterocycles. The van der Waals surface area contributed by atoms with Crippen LogP contribution in [0, 0.1) is 12.8 Å². The topological polar surface area (TPSA) is 46.9 Å². The maximum absolute atomic E-state index is 11.8. The molecule has 0 saturated carbocycles. The van der Waals surface area contributed by atoms with Crippen LogP contribution in [-0.2, 0) is 18.4 Å². The summed E-state index contributed by atoms with van der Waals surface area (Å²) in [7, 11) is 1.89. The van der Waals surface area contributed by atoms with E-state index >= 15 is 0 Å². The van der Waals surface area contributed by atoms with E-state index in [9.17, 15) is 4.79 Å². The van der Waals surface area contributed by atoms with E-state index in [1.54, 1.807) is 0 Å². The van der Waals surface area contributed by atoms with E-state index in [1.807, 2.05) is 38.6 Å². The van der Waals surface area contributed by atoms with Crippen LogP contribution in [0.3, 0.4) is 0 Å². The summed E-state index contributed by atoms with van der Waals surface area (Å²) in [6.45, 7) is 6.60. The third kappa shape index (κ3) is 3.08. The molecule has 1 heterocycles. The number of rotatable bonds is 5. The van der Waals surface area contributed by atoms with E-state index in [4.69, 9.17) is 0 Å². The quantitative estimate of drug-likeness (QED) is 0.827. The highest BCUT2D eigenvalue weighted by molar-refractivity contribution is 5.78. The van der Waals surface area contributed by atoms with Gasteiger partial charge in [-0.3, -0.25) is 9.48 Å². The summed E-state index contributed by atoms with van der Waals surface area (Å²) in [4.78, 5) is 11.8. The highest BCUT2D eigenvalue weighted by atomic mass is 16.1. The normalized spacial score (nSPS) is 10.8. The van der Waals surface area contributed by atoms with Crippen molar-refractivity contribution in [3.63, 3.8) is 0 Å². The molecule has 4 heteroatoms. The molecule has 0 atom stereocenters. The molecule has 0 unspecified atom stereocenters. The van der Waals surface area contributed by atoms with Gasteiger partial charge in [0.15, 0.2) is 0 Å². The Morgan fingerprint density at radius 1 is 1.50 bits per heavy atom. The first kappa shape index (κ1) is 12.7. The molecule has 0 fully saturated rings. The largest absolute Gasteiger partial charge is 0.350 e.